The summed E-state index contributed by atoms with van der Waals surface area (Å²) in [6.45, 7) is 11.2. The zero-order valence-corrected chi connectivity index (χ0v) is 59.5. The van der Waals surface area contributed by atoms with Gasteiger partial charge in [-0.15, -0.1) is 0 Å². The molecule has 0 saturated carbocycles. The number of likely N-dealkylation sites (N-methyl/N-ethyl adjacent to an activating group) is 2. The predicted octanol–water partition coefficient (Wildman–Crippen LogP) is -2.93. The second-order valence-electron chi connectivity index (χ2n) is 25.7. The van der Waals surface area contributed by atoms with E-state index in [4.69, 9.17) is 30.5 Å². The van der Waals surface area contributed by atoms with Crippen LogP contribution in [0.1, 0.15) is 91.8 Å². The van der Waals surface area contributed by atoms with Crippen LogP contribution < -0.4 is 59.3 Å². The van der Waals surface area contributed by atoms with Crippen LogP contribution in [0.3, 0.4) is 0 Å². The Hall–Kier alpha value is -10.8. The minimum absolute atomic E-state index is 0.00180. The van der Waals surface area contributed by atoms with Crippen molar-refractivity contribution in [3.8, 4) is 6.07 Å². The first-order chi connectivity index (χ1) is 48.5. The minimum Gasteiger partial charge on any atom is -0.457 e. The Bertz CT molecular complexity index is 3540. The van der Waals surface area contributed by atoms with E-state index >= 15 is 0 Å². The Morgan fingerprint density at radius 3 is 1.68 bits per heavy atom. The van der Waals surface area contributed by atoms with Gasteiger partial charge >= 0.3 is 11.9 Å². The Morgan fingerprint density at radius 2 is 1.15 bits per heavy atom. The van der Waals surface area contributed by atoms with Crippen molar-refractivity contribution >= 4 is 88.5 Å². The van der Waals surface area contributed by atoms with E-state index in [1.807, 2.05) is 18.2 Å². The lowest BCUT2D eigenvalue weighted by Gasteiger charge is -2.31. The van der Waals surface area contributed by atoms with Crippen LogP contribution in [0.4, 0.5) is 0 Å². The molecule has 1 aliphatic heterocycles. The van der Waals surface area contributed by atoms with Crippen molar-refractivity contribution in [3.05, 3.63) is 108 Å². The van der Waals surface area contributed by atoms with E-state index in [1.54, 1.807) is 114 Å². The second-order valence-corrected chi connectivity index (χ2v) is 25.7. The number of hydrogen-bond donors (Lipinski definition) is 12. The third-order valence-electron chi connectivity index (χ3n) is 16.0. The molecule has 3 aromatic carbocycles. The zero-order chi connectivity index (χ0) is 76.8. The summed E-state index contributed by atoms with van der Waals surface area (Å²) in [7, 11) is 2.45. The van der Waals surface area contributed by atoms with Crippen LogP contribution in [-0.4, -0.2) is 223 Å². The molecular formula is C69H95N15O19. The number of aliphatic hydroxyl groups is 1. The number of esters is 1. The van der Waals surface area contributed by atoms with Gasteiger partial charge in [0, 0.05) is 26.9 Å². The molecule has 1 fully saturated rings. The molecule has 0 aromatic heterocycles. The zero-order valence-electron chi connectivity index (χ0n) is 59.5. The van der Waals surface area contributed by atoms with E-state index < -0.39 is 199 Å². The fourth-order valence-electron chi connectivity index (χ4n) is 10.1. The van der Waals surface area contributed by atoms with E-state index in [1.165, 1.54) is 33.9 Å². The van der Waals surface area contributed by atoms with E-state index in [-0.39, 0.29) is 38.2 Å². The highest BCUT2D eigenvalue weighted by Gasteiger charge is 2.39. The summed E-state index contributed by atoms with van der Waals surface area (Å²) in [5, 5.41) is 45.2. The fourth-order valence-corrected chi connectivity index (χ4v) is 10.1. The van der Waals surface area contributed by atoms with Crippen LogP contribution in [-0.2, 0) is 105 Å². The molecule has 34 nitrogen and oxygen atoms in total. The van der Waals surface area contributed by atoms with Gasteiger partial charge in [-0.05, 0) is 76.0 Å². The molecule has 0 radical (unpaired) electrons. The lowest BCUT2D eigenvalue weighted by molar-refractivity contribution is -0.154. The smallest absolute Gasteiger partial charge is 0.371 e. The van der Waals surface area contributed by atoms with Gasteiger partial charge in [-0.1, -0.05) is 124 Å². The van der Waals surface area contributed by atoms with Crippen molar-refractivity contribution in [1.82, 2.24) is 57.7 Å². The maximum Gasteiger partial charge on any atom is 0.371 e. The average molecular weight is 1440 g/mol. The second kappa shape index (κ2) is 41.2. The Kier molecular flexibility index (Phi) is 33.9. The first-order valence-corrected chi connectivity index (χ1v) is 33.2. The number of benzene rings is 3. The minimum atomic E-state index is -2.03. The van der Waals surface area contributed by atoms with Crippen molar-refractivity contribution in [2.24, 2.45) is 28.5 Å². The number of carbonyl (C=O) groups excluding carboxylic acids is 14. The van der Waals surface area contributed by atoms with Gasteiger partial charge in [0.05, 0.1) is 38.8 Å². The van der Waals surface area contributed by atoms with Gasteiger partial charge < -0.3 is 93.3 Å². The van der Waals surface area contributed by atoms with Crippen molar-refractivity contribution in [1.29, 1.82) is 5.26 Å². The average Bonchev–Trinajstić information content (AvgIpc) is 1.26. The molecule has 0 spiro atoms. The van der Waals surface area contributed by atoms with E-state index in [9.17, 15) is 77.5 Å². The SMILES string of the molecule is CC(C)C[C@H](NC(=O)CNC(=O)[C@H](Cc1ccccc1)N(C)C(=O)[C@H](C)NC(=O)[C@@H](N)Cc1ccccc1)C(=O)N[C@@H](C)C(=O)N[C@H](C(=O)N[C@@H](Cc1ccccc1)C(=O)N[C@@H](CC(=O)ON=C(C#N)C(=O)OC[C@@H]1COC(C)(C)O1)C(=O)N(C)[C@@H](C)C(=O)N[C@@H](CO)C(=O)NCC(N)=O)C(C)C. The molecule has 14 N–H and O–H groups in total. The molecule has 1 aliphatic rings. The quantitative estimate of drug-likeness (QED) is 0.0118. The van der Waals surface area contributed by atoms with Gasteiger partial charge in [0.25, 0.3) is 5.71 Å². The van der Waals surface area contributed by atoms with Gasteiger partial charge in [0.1, 0.15) is 73.2 Å². The van der Waals surface area contributed by atoms with Crippen molar-refractivity contribution in [3.63, 3.8) is 0 Å². The summed E-state index contributed by atoms with van der Waals surface area (Å²) in [6.07, 6.45) is -1.92. The first kappa shape index (κ1) is 84.7. The standard InChI is InChI=1S/C69H95N15O19/c1-38(2)27-48(77-55(87)34-74-64(95)53(30-45-25-19-14-20-26-45)84(11)66(97)41(6)76-60(91)47(71)28-43-21-15-12-16-22-43)62(93)75-40(5)58(89)81-57(39(3)4)65(96)78-49(29-44-23-17-13-18-24-44)63(94)79-50(67(98)83(10)42(7)59(90)80-52(35-85)61(92)73-33-54(72)86)31-56(88)103-82-51(32-70)68(99)100-36-46-37-101-69(8,9)102-46/h12-26,38-42,46-50,52-53,57,85H,27-31,33-37,71H2,1-11H3,(H2,72,86)(H,73,92)(H,74,95)(H,75,93)(H,76,91)(H,77,87)(H,78,96)(H,79,94)(H,80,90)(H,81,89)/t40-,41-,42-,46+,47-,48-,49-,50-,52-,53-,57-/m0/s1. The van der Waals surface area contributed by atoms with Crippen molar-refractivity contribution in [2.75, 3.05) is 47.0 Å². The summed E-state index contributed by atoms with van der Waals surface area (Å²) in [5.74, 6) is -15.6. The van der Waals surface area contributed by atoms with Crippen LogP contribution in [0.15, 0.2) is 96.2 Å². The molecule has 0 unspecified atom stereocenters. The lowest BCUT2D eigenvalue weighted by atomic mass is 10.00. The number of amides is 12. The van der Waals surface area contributed by atoms with Crippen LogP contribution in [0.5, 0.6) is 0 Å². The topological polar surface area (TPSA) is 499 Å². The summed E-state index contributed by atoms with van der Waals surface area (Å²) in [4.78, 5) is 197. The number of primary amides is 1. The molecule has 12 amide bonds. The molecule has 1 saturated heterocycles. The maximum atomic E-state index is 14.7. The van der Waals surface area contributed by atoms with Gasteiger partial charge in [-0.3, -0.25) is 57.5 Å². The third-order valence-corrected chi connectivity index (χ3v) is 16.0. The molecule has 560 valence electrons. The van der Waals surface area contributed by atoms with E-state index in [0.717, 1.165) is 22.4 Å². The number of nitrogens with two attached hydrogens (primary N) is 2. The molecule has 0 aliphatic carbocycles. The predicted molar refractivity (Wildman–Crippen MR) is 368 cm³/mol. The van der Waals surface area contributed by atoms with E-state index in [0.29, 0.717) is 11.1 Å². The molecular weight excluding hydrogens is 1340 g/mol. The van der Waals surface area contributed by atoms with Gasteiger partial charge in [0.15, 0.2) is 5.79 Å². The summed E-state index contributed by atoms with van der Waals surface area (Å²) in [5.41, 5.74) is 12.1. The largest absolute Gasteiger partial charge is 0.457 e. The highest BCUT2D eigenvalue weighted by molar-refractivity contribution is 6.43. The molecule has 11 atom stereocenters. The Balaban J connectivity index is 1.52. The third kappa shape index (κ3) is 28.3. The summed E-state index contributed by atoms with van der Waals surface area (Å²) >= 11 is 0. The normalized spacial score (nSPS) is 16.1. The van der Waals surface area contributed by atoms with Gasteiger partial charge in [-0.25, -0.2) is 9.59 Å². The lowest BCUT2D eigenvalue weighted by Crippen LogP contribution is -2.61. The number of nitriles is 1. The number of nitrogens with one attached hydrogen (secondary N) is 9. The number of carbonyl (C=O) groups is 14. The molecule has 0 bridgehead atoms. The van der Waals surface area contributed by atoms with Gasteiger partial charge in [-0.2, -0.15) is 5.26 Å². The Morgan fingerprint density at radius 1 is 0.612 bits per heavy atom. The number of oxime groups is 1. The van der Waals surface area contributed by atoms with Crippen molar-refractivity contribution in [2.45, 2.75) is 167 Å². The number of rotatable bonds is 39. The summed E-state index contributed by atoms with van der Waals surface area (Å²) in [6, 6.07) is 13.0. The highest BCUT2D eigenvalue weighted by atomic mass is 16.7. The van der Waals surface area contributed by atoms with Crippen molar-refractivity contribution < 1.29 is 91.3 Å². The molecule has 4 rings (SSSR count). The number of nitrogens with zero attached hydrogens (tertiary/aromatic N) is 4. The molecule has 1 heterocycles. The van der Waals surface area contributed by atoms with Crippen LogP contribution >= 0.6 is 0 Å². The maximum absolute atomic E-state index is 14.7. The van der Waals surface area contributed by atoms with Crippen LogP contribution in [0, 0.1) is 23.2 Å². The molecule has 34 heteroatoms. The molecule has 3 aromatic rings. The number of ether oxygens (including phenoxy) is 3. The van der Waals surface area contributed by atoms with Crippen LogP contribution in [0.2, 0.25) is 0 Å². The molecule has 103 heavy (non-hydrogen) atoms. The summed E-state index contributed by atoms with van der Waals surface area (Å²) < 4.78 is 16.1. The van der Waals surface area contributed by atoms with E-state index in [2.05, 4.69) is 53.0 Å². The number of hydrogen-bond acceptors (Lipinski definition) is 22. The Labute approximate surface area is 596 Å². The first-order valence-electron chi connectivity index (χ1n) is 33.2. The monoisotopic (exact) mass is 1440 g/mol. The fraction of sp³-hybridized carbons (Fsp3) is 0.507. The van der Waals surface area contributed by atoms with Crippen LogP contribution in [0.25, 0.3) is 0 Å². The van der Waals surface area contributed by atoms with Gasteiger partial charge in [0.2, 0.25) is 70.9 Å². The number of aliphatic hydroxyl groups excluding tert-OH is 1. The highest BCUT2D eigenvalue weighted by Crippen LogP contribution is 2.23.